The maximum atomic E-state index is 12.1. The third-order valence-corrected chi connectivity index (χ3v) is 4.36. The number of nitrogens with one attached hydrogen (secondary N) is 1. The number of carbonyl (C=O) groups is 2. The number of carboxylic acid groups (broad SMARTS) is 1. The van der Waals surface area contributed by atoms with Crippen molar-refractivity contribution in [1.29, 1.82) is 0 Å². The van der Waals surface area contributed by atoms with Gasteiger partial charge in [0.1, 0.15) is 6.04 Å². The molecule has 1 aliphatic heterocycles. The van der Waals surface area contributed by atoms with Crippen LogP contribution in [-0.2, 0) is 16.1 Å². The summed E-state index contributed by atoms with van der Waals surface area (Å²) in [7, 11) is 1.59. The van der Waals surface area contributed by atoms with Crippen molar-refractivity contribution in [3.63, 3.8) is 0 Å². The fourth-order valence-electron chi connectivity index (χ4n) is 2.82. The summed E-state index contributed by atoms with van der Waals surface area (Å²) in [6, 6.07) is 4.94. The Morgan fingerprint density at radius 1 is 1.48 bits per heavy atom. The van der Waals surface area contributed by atoms with Crippen molar-refractivity contribution in [1.82, 2.24) is 10.2 Å². The summed E-state index contributed by atoms with van der Waals surface area (Å²) < 4.78 is 11.4. The van der Waals surface area contributed by atoms with Gasteiger partial charge in [0.2, 0.25) is 5.91 Å². The number of methoxy groups -OCH3 is 1. The first kappa shape index (κ1) is 19.1. The van der Waals surface area contributed by atoms with E-state index >= 15 is 0 Å². The van der Waals surface area contributed by atoms with E-state index in [1.54, 1.807) is 7.11 Å². The number of piperazine rings is 1. The number of benzene rings is 1. The molecule has 2 atom stereocenters. The van der Waals surface area contributed by atoms with Crippen molar-refractivity contribution in [2.75, 3.05) is 20.2 Å². The summed E-state index contributed by atoms with van der Waals surface area (Å²) in [5.41, 5.74) is 0.879. The van der Waals surface area contributed by atoms with Crippen LogP contribution in [0.5, 0.6) is 11.5 Å². The Kier molecular flexibility index (Phi) is 6.64. The van der Waals surface area contributed by atoms with Crippen LogP contribution >= 0.6 is 0 Å². The Morgan fingerprint density at radius 2 is 2.24 bits per heavy atom. The molecular weight excluding hydrogens is 324 g/mol. The molecule has 0 aliphatic carbocycles. The molecule has 1 aromatic rings. The van der Waals surface area contributed by atoms with Gasteiger partial charge in [0.25, 0.3) is 0 Å². The van der Waals surface area contributed by atoms with Crippen LogP contribution in [0.1, 0.15) is 32.3 Å². The van der Waals surface area contributed by atoms with Gasteiger partial charge in [-0.05, 0) is 19.4 Å². The molecule has 1 saturated heterocycles. The molecular formula is C18H26N2O5. The van der Waals surface area contributed by atoms with Crippen molar-refractivity contribution >= 4 is 11.9 Å². The number of amides is 1. The number of aliphatic carboxylic acids is 1. The molecule has 25 heavy (non-hydrogen) atoms. The molecule has 0 bridgehead atoms. The van der Waals surface area contributed by atoms with Gasteiger partial charge in [0.05, 0.1) is 19.6 Å². The fourth-order valence-corrected chi connectivity index (χ4v) is 2.82. The van der Waals surface area contributed by atoms with E-state index in [0.717, 1.165) is 12.0 Å². The summed E-state index contributed by atoms with van der Waals surface area (Å²) in [6.45, 7) is 5.54. The second-order valence-electron chi connectivity index (χ2n) is 6.16. The predicted octanol–water partition coefficient (Wildman–Crippen LogP) is 1.65. The SMILES string of the molecule is CCC(C)Oc1c(CN2CCNC(=O)C2CC(=O)O)cccc1OC. The molecule has 0 radical (unpaired) electrons. The van der Waals surface area contributed by atoms with Crippen LogP contribution in [-0.4, -0.2) is 54.2 Å². The summed E-state index contributed by atoms with van der Waals surface area (Å²) in [5.74, 6) is 0.0446. The average molecular weight is 350 g/mol. The minimum atomic E-state index is -0.992. The highest BCUT2D eigenvalue weighted by molar-refractivity contribution is 5.86. The van der Waals surface area contributed by atoms with Gasteiger partial charge in [-0.25, -0.2) is 0 Å². The van der Waals surface area contributed by atoms with Gasteiger partial charge in [0.15, 0.2) is 11.5 Å². The van der Waals surface area contributed by atoms with Crippen LogP contribution in [0.3, 0.4) is 0 Å². The van der Waals surface area contributed by atoms with Crippen molar-refractivity contribution in [2.45, 2.75) is 45.4 Å². The predicted molar refractivity (Wildman–Crippen MR) is 92.8 cm³/mol. The molecule has 1 aromatic carbocycles. The third kappa shape index (κ3) is 4.85. The normalized spacial score (nSPS) is 19.2. The number of para-hydroxylation sites is 1. The van der Waals surface area contributed by atoms with Crippen LogP contribution in [0.15, 0.2) is 18.2 Å². The smallest absolute Gasteiger partial charge is 0.305 e. The van der Waals surface area contributed by atoms with Crippen LogP contribution in [0, 0.1) is 0 Å². The second kappa shape index (κ2) is 8.71. The second-order valence-corrected chi connectivity index (χ2v) is 6.16. The molecule has 1 aliphatic rings. The summed E-state index contributed by atoms with van der Waals surface area (Å²) in [5, 5.41) is 11.8. The number of carboxylic acids is 1. The molecule has 2 N–H and O–H groups in total. The van der Waals surface area contributed by atoms with E-state index in [-0.39, 0.29) is 18.4 Å². The van der Waals surface area contributed by atoms with E-state index in [1.807, 2.05) is 36.9 Å². The van der Waals surface area contributed by atoms with Crippen molar-refractivity contribution in [3.8, 4) is 11.5 Å². The molecule has 2 unspecified atom stereocenters. The molecule has 1 amide bonds. The Hall–Kier alpha value is -2.28. The minimum absolute atomic E-state index is 0.0227. The number of nitrogens with zero attached hydrogens (tertiary/aromatic N) is 1. The Bertz CT molecular complexity index is 619. The van der Waals surface area contributed by atoms with Gasteiger partial charge in [-0.1, -0.05) is 19.1 Å². The molecule has 1 fully saturated rings. The summed E-state index contributed by atoms with van der Waals surface area (Å²) >= 11 is 0. The number of ether oxygens (including phenoxy) is 2. The number of hydrogen-bond donors (Lipinski definition) is 2. The average Bonchev–Trinajstić information content (AvgIpc) is 2.58. The standard InChI is InChI=1S/C18H26N2O5/c1-4-12(2)25-17-13(6-5-7-15(17)24-3)11-20-9-8-19-18(23)14(20)10-16(21)22/h5-7,12,14H,4,8-11H2,1-3H3,(H,19,23)(H,21,22). The van der Waals surface area contributed by atoms with Gasteiger partial charge < -0.3 is 19.9 Å². The fraction of sp³-hybridized carbons (Fsp3) is 0.556. The van der Waals surface area contributed by atoms with E-state index in [2.05, 4.69) is 5.32 Å². The van der Waals surface area contributed by atoms with E-state index in [1.165, 1.54) is 0 Å². The Labute approximate surface area is 147 Å². The largest absolute Gasteiger partial charge is 0.493 e. The number of rotatable bonds is 8. The summed E-state index contributed by atoms with van der Waals surface area (Å²) in [4.78, 5) is 25.1. The third-order valence-electron chi connectivity index (χ3n) is 4.36. The molecule has 7 heteroatoms. The van der Waals surface area contributed by atoms with Crippen molar-refractivity contribution in [3.05, 3.63) is 23.8 Å². The van der Waals surface area contributed by atoms with Gasteiger partial charge in [-0.3, -0.25) is 14.5 Å². The zero-order chi connectivity index (χ0) is 18.4. The zero-order valence-corrected chi connectivity index (χ0v) is 14.9. The first-order valence-corrected chi connectivity index (χ1v) is 8.52. The molecule has 0 spiro atoms. The van der Waals surface area contributed by atoms with E-state index < -0.39 is 12.0 Å². The van der Waals surface area contributed by atoms with E-state index in [4.69, 9.17) is 14.6 Å². The van der Waals surface area contributed by atoms with Crippen molar-refractivity contribution < 1.29 is 24.2 Å². The van der Waals surface area contributed by atoms with E-state index in [9.17, 15) is 9.59 Å². The zero-order valence-electron chi connectivity index (χ0n) is 14.9. The lowest BCUT2D eigenvalue weighted by Crippen LogP contribution is -2.55. The maximum absolute atomic E-state index is 12.1. The lowest BCUT2D eigenvalue weighted by Gasteiger charge is -2.34. The number of carbonyl (C=O) groups excluding carboxylic acids is 1. The Morgan fingerprint density at radius 3 is 2.88 bits per heavy atom. The van der Waals surface area contributed by atoms with Gasteiger partial charge >= 0.3 is 5.97 Å². The quantitative estimate of drug-likeness (QED) is 0.741. The topological polar surface area (TPSA) is 88.1 Å². The molecule has 7 nitrogen and oxygen atoms in total. The monoisotopic (exact) mass is 350 g/mol. The Balaban J connectivity index is 2.27. The first-order chi connectivity index (χ1) is 12.0. The molecule has 1 heterocycles. The van der Waals surface area contributed by atoms with Crippen LogP contribution in [0.25, 0.3) is 0 Å². The molecule has 0 aromatic heterocycles. The lowest BCUT2D eigenvalue weighted by atomic mass is 10.1. The first-order valence-electron chi connectivity index (χ1n) is 8.52. The van der Waals surface area contributed by atoms with E-state index in [0.29, 0.717) is 31.1 Å². The molecule has 2 rings (SSSR count). The van der Waals surface area contributed by atoms with Gasteiger partial charge in [-0.2, -0.15) is 0 Å². The van der Waals surface area contributed by atoms with Gasteiger partial charge in [-0.15, -0.1) is 0 Å². The minimum Gasteiger partial charge on any atom is -0.493 e. The molecule has 138 valence electrons. The highest BCUT2D eigenvalue weighted by Gasteiger charge is 2.32. The van der Waals surface area contributed by atoms with Crippen LogP contribution in [0.2, 0.25) is 0 Å². The van der Waals surface area contributed by atoms with Crippen LogP contribution in [0.4, 0.5) is 0 Å². The lowest BCUT2D eigenvalue weighted by molar-refractivity contribution is -0.143. The van der Waals surface area contributed by atoms with Gasteiger partial charge in [0, 0.05) is 25.2 Å². The van der Waals surface area contributed by atoms with Crippen molar-refractivity contribution in [2.24, 2.45) is 0 Å². The summed E-state index contributed by atoms with van der Waals surface area (Å²) in [6.07, 6.45) is 0.650. The molecule has 0 saturated carbocycles. The maximum Gasteiger partial charge on any atom is 0.305 e. The highest BCUT2D eigenvalue weighted by atomic mass is 16.5. The highest BCUT2D eigenvalue weighted by Crippen LogP contribution is 2.33. The number of hydrogen-bond acceptors (Lipinski definition) is 5. The van der Waals surface area contributed by atoms with Crippen LogP contribution < -0.4 is 14.8 Å².